The van der Waals surface area contributed by atoms with Gasteiger partial charge in [-0.05, 0) is 55.1 Å². The number of nitrogens with one attached hydrogen (secondary N) is 1. The van der Waals surface area contributed by atoms with E-state index in [9.17, 15) is 0 Å². The van der Waals surface area contributed by atoms with Gasteiger partial charge in [0.1, 0.15) is 11.4 Å². The lowest BCUT2D eigenvalue weighted by Crippen LogP contribution is -2.00. The molecule has 3 aromatic rings. The fraction of sp³-hybridized carbons (Fsp3) is 0.0588. The number of para-hydroxylation sites is 1. The van der Waals surface area contributed by atoms with Crippen LogP contribution in [0.3, 0.4) is 0 Å². The zero-order valence-electron chi connectivity index (χ0n) is 12.3. The molecule has 0 amide bonds. The number of aromatic nitrogens is 3. The standard InChI is InChI=1S/C17H11Br2N3O2/c18-12-8-13(20-16(12)19)17-22-21-15(24-17)6-5-10-7-11-3-1-2-4-14(11)23-9-10/h1-6,8-9,20H,7H2/b6-5+. The molecule has 7 heteroatoms. The van der Waals surface area contributed by atoms with Gasteiger partial charge < -0.3 is 14.1 Å². The molecule has 0 spiro atoms. The average molecular weight is 449 g/mol. The van der Waals surface area contributed by atoms with Gasteiger partial charge in [0.05, 0.1) is 15.3 Å². The van der Waals surface area contributed by atoms with Crippen LogP contribution in [0.1, 0.15) is 11.5 Å². The molecule has 120 valence electrons. The first kappa shape index (κ1) is 15.4. The van der Waals surface area contributed by atoms with Gasteiger partial charge in [-0.15, -0.1) is 10.2 Å². The molecule has 1 aliphatic rings. The summed E-state index contributed by atoms with van der Waals surface area (Å²) in [7, 11) is 0. The molecule has 0 saturated carbocycles. The zero-order chi connectivity index (χ0) is 16.5. The van der Waals surface area contributed by atoms with Crippen molar-refractivity contribution >= 4 is 37.9 Å². The summed E-state index contributed by atoms with van der Waals surface area (Å²) >= 11 is 6.80. The van der Waals surface area contributed by atoms with E-state index in [1.54, 1.807) is 12.3 Å². The van der Waals surface area contributed by atoms with Crippen LogP contribution in [-0.4, -0.2) is 15.2 Å². The Hall–Kier alpha value is -2.12. The number of hydrogen-bond donors (Lipinski definition) is 1. The van der Waals surface area contributed by atoms with Crippen LogP contribution in [0.15, 0.2) is 61.7 Å². The predicted molar refractivity (Wildman–Crippen MR) is 97.4 cm³/mol. The predicted octanol–water partition coefficient (Wildman–Crippen LogP) is 5.12. The van der Waals surface area contributed by atoms with E-state index in [1.807, 2.05) is 30.3 Å². The van der Waals surface area contributed by atoms with E-state index in [1.165, 1.54) is 0 Å². The van der Waals surface area contributed by atoms with Gasteiger partial charge in [0.15, 0.2) is 0 Å². The molecule has 0 bridgehead atoms. The maximum atomic E-state index is 5.65. The third-order valence-electron chi connectivity index (χ3n) is 3.54. The first-order valence-electron chi connectivity index (χ1n) is 7.18. The molecule has 0 fully saturated rings. The summed E-state index contributed by atoms with van der Waals surface area (Å²) in [5.41, 5.74) is 2.95. The number of H-pyrrole nitrogens is 1. The monoisotopic (exact) mass is 447 g/mol. The number of rotatable bonds is 3. The molecule has 0 aliphatic carbocycles. The number of allylic oxidation sites excluding steroid dienone is 2. The van der Waals surface area contributed by atoms with Crippen LogP contribution < -0.4 is 4.74 Å². The number of fused-ring (bicyclic) bond motifs is 1. The Kier molecular flexibility index (Phi) is 4.12. The second-order valence-corrected chi connectivity index (χ2v) is 6.87. The largest absolute Gasteiger partial charge is 0.464 e. The molecule has 0 unspecified atom stereocenters. The molecule has 0 atom stereocenters. The SMILES string of the molecule is Brc1cc(-c2nnc(/C=C/C3=COc4ccccc4C3)o2)[nH]c1Br. The average Bonchev–Trinajstić information content (AvgIpc) is 3.20. The quantitative estimate of drug-likeness (QED) is 0.603. The maximum Gasteiger partial charge on any atom is 0.264 e. The van der Waals surface area contributed by atoms with Crippen LogP contribution in [0.25, 0.3) is 17.7 Å². The number of aromatic amines is 1. The van der Waals surface area contributed by atoms with Gasteiger partial charge in [-0.2, -0.15) is 0 Å². The van der Waals surface area contributed by atoms with Crippen LogP contribution in [0, 0.1) is 0 Å². The highest BCUT2D eigenvalue weighted by molar-refractivity contribution is 9.13. The maximum absolute atomic E-state index is 5.65. The van der Waals surface area contributed by atoms with Gasteiger partial charge >= 0.3 is 0 Å². The summed E-state index contributed by atoms with van der Waals surface area (Å²) in [5.74, 6) is 1.77. The summed E-state index contributed by atoms with van der Waals surface area (Å²) in [6.07, 6.45) is 6.26. The molecule has 2 aromatic heterocycles. The lowest BCUT2D eigenvalue weighted by Gasteiger charge is -2.14. The minimum absolute atomic E-state index is 0.431. The van der Waals surface area contributed by atoms with Crippen molar-refractivity contribution in [1.82, 2.24) is 15.2 Å². The summed E-state index contributed by atoms with van der Waals surface area (Å²) < 4.78 is 13.0. The third-order valence-corrected chi connectivity index (χ3v) is 5.32. The Bertz CT molecular complexity index is 937. The highest BCUT2D eigenvalue weighted by Crippen LogP contribution is 2.29. The molecule has 1 N–H and O–H groups in total. The Labute approximate surface area is 154 Å². The normalized spacial score (nSPS) is 13.7. The fourth-order valence-electron chi connectivity index (χ4n) is 2.37. The van der Waals surface area contributed by atoms with E-state index in [4.69, 9.17) is 9.15 Å². The van der Waals surface area contributed by atoms with Crippen molar-refractivity contribution in [3.05, 3.63) is 68.8 Å². The second kappa shape index (κ2) is 6.41. The Morgan fingerprint density at radius 3 is 2.83 bits per heavy atom. The third kappa shape index (κ3) is 3.09. The van der Waals surface area contributed by atoms with Crippen molar-refractivity contribution < 1.29 is 9.15 Å². The second-order valence-electron chi connectivity index (χ2n) is 5.22. The summed E-state index contributed by atoms with van der Waals surface area (Å²) in [6.45, 7) is 0. The Morgan fingerprint density at radius 1 is 1.12 bits per heavy atom. The smallest absolute Gasteiger partial charge is 0.264 e. The molecule has 4 rings (SSSR count). The topological polar surface area (TPSA) is 63.9 Å². The molecule has 24 heavy (non-hydrogen) atoms. The van der Waals surface area contributed by atoms with Crippen molar-refractivity contribution in [1.29, 1.82) is 0 Å². The molecule has 0 radical (unpaired) electrons. The Morgan fingerprint density at radius 2 is 2.00 bits per heavy atom. The van der Waals surface area contributed by atoms with E-state index in [0.717, 1.165) is 38.1 Å². The van der Waals surface area contributed by atoms with Crippen LogP contribution in [0.2, 0.25) is 0 Å². The molecule has 1 aliphatic heterocycles. The van der Waals surface area contributed by atoms with E-state index in [-0.39, 0.29) is 0 Å². The zero-order valence-corrected chi connectivity index (χ0v) is 15.5. The lowest BCUT2D eigenvalue weighted by molar-refractivity contribution is 0.459. The van der Waals surface area contributed by atoms with Gasteiger partial charge in [0.25, 0.3) is 5.89 Å². The Balaban J connectivity index is 1.50. The van der Waals surface area contributed by atoms with E-state index < -0.39 is 0 Å². The van der Waals surface area contributed by atoms with Crippen molar-refractivity contribution in [2.24, 2.45) is 0 Å². The van der Waals surface area contributed by atoms with Crippen molar-refractivity contribution in [3.8, 4) is 17.3 Å². The van der Waals surface area contributed by atoms with Gasteiger partial charge in [-0.1, -0.05) is 24.3 Å². The minimum atomic E-state index is 0.431. The van der Waals surface area contributed by atoms with Crippen LogP contribution in [0.4, 0.5) is 0 Å². The van der Waals surface area contributed by atoms with Crippen molar-refractivity contribution in [2.75, 3.05) is 0 Å². The van der Waals surface area contributed by atoms with Gasteiger partial charge in [0, 0.05) is 12.5 Å². The minimum Gasteiger partial charge on any atom is -0.464 e. The highest BCUT2D eigenvalue weighted by Gasteiger charge is 2.13. The highest BCUT2D eigenvalue weighted by atomic mass is 79.9. The summed E-state index contributed by atoms with van der Waals surface area (Å²) in [5, 5.41) is 8.09. The number of hydrogen-bond acceptors (Lipinski definition) is 4. The number of nitrogens with zero attached hydrogens (tertiary/aromatic N) is 2. The van der Waals surface area contributed by atoms with E-state index in [2.05, 4.69) is 53.1 Å². The summed E-state index contributed by atoms with van der Waals surface area (Å²) in [4.78, 5) is 3.11. The fourth-order valence-corrected chi connectivity index (χ4v) is 3.03. The number of benzene rings is 1. The molecule has 3 heterocycles. The van der Waals surface area contributed by atoms with E-state index in [0.29, 0.717) is 11.8 Å². The molecule has 0 saturated heterocycles. The van der Waals surface area contributed by atoms with Gasteiger partial charge in [-0.25, -0.2) is 0 Å². The first-order chi connectivity index (χ1) is 11.7. The van der Waals surface area contributed by atoms with Crippen molar-refractivity contribution in [3.63, 3.8) is 0 Å². The first-order valence-corrected chi connectivity index (χ1v) is 8.77. The molecular weight excluding hydrogens is 438 g/mol. The molecular formula is C17H11Br2N3O2. The van der Waals surface area contributed by atoms with Gasteiger partial charge in [0.2, 0.25) is 5.89 Å². The van der Waals surface area contributed by atoms with E-state index >= 15 is 0 Å². The van der Waals surface area contributed by atoms with Crippen LogP contribution >= 0.6 is 31.9 Å². The molecule has 5 nitrogen and oxygen atoms in total. The van der Waals surface area contributed by atoms with Crippen molar-refractivity contribution in [2.45, 2.75) is 6.42 Å². The van der Waals surface area contributed by atoms with Crippen LogP contribution in [-0.2, 0) is 6.42 Å². The number of halogens is 2. The summed E-state index contributed by atoms with van der Waals surface area (Å²) in [6, 6.07) is 9.86. The van der Waals surface area contributed by atoms with Crippen LogP contribution in [0.5, 0.6) is 5.75 Å². The lowest BCUT2D eigenvalue weighted by atomic mass is 10.0. The molecule has 1 aromatic carbocycles. The number of ether oxygens (including phenoxy) is 1. The van der Waals surface area contributed by atoms with Gasteiger partial charge in [-0.3, -0.25) is 0 Å².